The molecule has 1 atom stereocenters. The van der Waals surface area contributed by atoms with E-state index in [1.807, 2.05) is 0 Å². The van der Waals surface area contributed by atoms with Crippen molar-refractivity contribution in [3.8, 4) is 5.75 Å². The molecule has 0 aromatic heterocycles. The SMILES string of the molecule is CC(C)C1(O)Oc2c(ccc(CO)c2CO)C1=O. The van der Waals surface area contributed by atoms with Crippen LogP contribution in [0.1, 0.15) is 35.3 Å². The molecule has 0 radical (unpaired) electrons. The van der Waals surface area contributed by atoms with Crippen molar-refractivity contribution in [2.24, 2.45) is 5.92 Å². The molecule has 0 bridgehead atoms. The van der Waals surface area contributed by atoms with Gasteiger partial charge in [0.25, 0.3) is 5.79 Å². The number of rotatable bonds is 3. The summed E-state index contributed by atoms with van der Waals surface area (Å²) in [6.45, 7) is 2.73. The van der Waals surface area contributed by atoms with Crippen molar-refractivity contribution < 1.29 is 24.9 Å². The van der Waals surface area contributed by atoms with E-state index in [0.29, 0.717) is 11.1 Å². The van der Waals surface area contributed by atoms with Crippen molar-refractivity contribution in [3.05, 3.63) is 28.8 Å². The Morgan fingerprint density at radius 3 is 2.44 bits per heavy atom. The maximum absolute atomic E-state index is 12.1. The molecule has 1 unspecified atom stereocenters. The lowest BCUT2D eigenvalue weighted by Gasteiger charge is -2.24. The van der Waals surface area contributed by atoms with Gasteiger partial charge in [0.2, 0.25) is 5.78 Å². The molecule has 1 heterocycles. The van der Waals surface area contributed by atoms with Crippen LogP contribution in [-0.2, 0) is 13.2 Å². The summed E-state index contributed by atoms with van der Waals surface area (Å²) in [5.74, 6) is -2.64. The van der Waals surface area contributed by atoms with E-state index in [0.717, 1.165) is 0 Å². The van der Waals surface area contributed by atoms with E-state index >= 15 is 0 Å². The third-order valence-corrected chi connectivity index (χ3v) is 3.30. The molecule has 1 aromatic rings. The van der Waals surface area contributed by atoms with Gasteiger partial charge in [0.1, 0.15) is 5.75 Å². The predicted octanol–water partition coefficient (Wildman–Crippen LogP) is 0.591. The Labute approximate surface area is 105 Å². The van der Waals surface area contributed by atoms with E-state index in [-0.39, 0.29) is 24.5 Å². The Balaban J connectivity index is 2.58. The van der Waals surface area contributed by atoms with E-state index in [4.69, 9.17) is 4.74 Å². The second-order valence-corrected chi connectivity index (χ2v) is 4.68. The smallest absolute Gasteiger partial charge is 0.275 e. The zero-order valence-electron chi connectivity index (χ0n) is 10.3. The summed E-state index contributed by atoms with van der Waals surface area (Å²) < 4.78 is 5.37. The van der Waals surface area contributed by atoms with Gasteiger partial charge in [-0.25, -0.2) is 0 Å². The minimum atomic E-state index is -1.89. The number of Topliss-reactive ketones (excluding diaryl/α,β-unsaturated/α-hetero) is 1. The molecular formula is C13H16O5. The third-order valence-electron chi connectivity index (χ3n) is 3.30. The number of ketones is 1. The maximum Gasteiger partial charge on any atom is 0.275 e. The fraction of sp³-hybridized carbons (Fsp3) is 0.462. The Hall–Kier alpha value is -1.43. The Bertz CT molecular complexity index is 494. The summed E-state index contributed by atoms with van der Waals surface area (Å²) >= 11 is 0. The van der Waals surface area contributed by atoms with E-state index in [1.54, 1.807) is 19.9 Å². The van der Waals surface area contributed by atoms with Crippen molar-refractivity contribution in [2.75, 3.05) is 0 Å². The fourth-order valence-electron chi connectivity index (χ4n) is 2.06. The molecule has 5 nitrogen and oxygen atoms in total. The van der Waals surface area contributed by atoms with Gasteiger partial charge >= 0.3 is 0 Å². The van der Waals surface area contributed by atoms with Gasteiger partial charge in [0.05, 0.1) is 18.8 Å². The predicted molar refractivity (Wildman–Crippen MR) is 63.0 cm³/mol. The molecule has 1 aliphatic heterocycles. The van der Waals surface area contributed by atoms with Crippen LogP contribution >= 0.6 is 0 Å². The summed E-state index contributed by atoms with van der Waals surface area (Å²) in [7, 11) is 0. The van der Waals surface area contributed by atoms with Crippen molar-refractivity contribution in [3.63, 3.8) is 0 Å². The highest BCUT2D eigenvalue weighted by molar-refractivity contribution is 6.07. The Morgan fingerprint density at radius 1 is 1.28 bits per heavy atom. The molecule has 0 fully saturated rings. The normalized spacial score (nSPS) is 22.2. The first-order chi connectivity index (χ1) is 8.45. The number of hydrogen-bond donors (Lipinski definition) is 3. The van der Waals surface area contributed by atoms with Gasteiger partial charge in [-0.15, -0.1) is 0 Å². The van der Waals surface area contributed by atoms with Gasteiger partial charge in [-0.2, -0.15) is 0 Å². The number of carbonyl (C=O) groups excluding carboxylic acids is 1. The number of hydrogen-bond acceptors (Lipinski definition) is 5. The average Bonchev–Trinajstić information content (AvgIpc) is 2.62. The first kappa shape index (κ1) is 13.0. The number of aliphatic hydroxyl groups is 3. The number of benzene rings is 1. The molecule has 0 saturated heterocycles. The summed E-state index contributed by atoms with van der Waals surface area (Å²) in [6.07, 6.45) is 0. The van der Waals surface area contributed by atoms with Gasteiger partial charge in [0.15, 0.2) is 0 Å². The standard InChI is InChI=1S/C13H16O5/c1-7(2)13(17)12(16)9-4-3-8(5-14)10(6-15)11(9)18-13/h3-4,7,14-15,17H,5-6H2,1-2H3. The second-order valence-electron chi connectivity index (χ2n) is 4.68. The topological polar surface area (TPSA) is 87.0 Å². The van der Waals surface area contributed by atoms with Crippen LogP contribution < -0.4 is 4.74 Å². The molecule has 0 amide bonds. The van der Waals surface area contributed by atoms with Crippen LogP contribution in [0.25, 0.3) is 0 Å². The highest BCUT2D eigenvalue weighted by Gasteiger charge is 2.50. The van der Waals surface area contributed by atoms with Crippen LogP contribution in [0.4, 0.5) is 0 Å². The maximum atomic E-state index is 12.1. The van der Waals surface area contributed by atoms with E-state index in [1.165, 1.54) is 6.07 Å². The van der Waals surface area contributed by atoms with E-state index in [2.05, 4.69) is 0 Å². The second kappa shape index (κ2) is 4.35. The quantitative estimate of drug-likeness (QED) is 0.733. The highest BCUT2D eigenvalue weighted by atomic mass is 16.6. The van der Waals surface area contributed by atoms with Gasteiger partial charge < -0.3 is 20.1 Å². The number of fused-ring (bicyclic) bond motifs is 1. The van der Waals surface area contributed by atoms with Crippen molar-refractivity contribution in [1.29, 1.82) is 0 Å². The lowest BCUT2D eigenvalue weighted by Crippen LogP contribution is -2.45. The molecule has 1 aliphatic rings. The third kappa shape index (κ3) is 1.63. The summed E-state index contributed by atoms with van der Waals surface area (Å²) in [6, 6.07) is 3.06. The highest BCUT2D eigenvalue weighted by Crippen LogP contribution is 2.41. The summed E-state index contributed by atoms with van der Waals surface area (Å²) in [4.78, 5) is 12.1. The molecule has 3 N–H and O–H groups in total. The van der Waals surface area contributed by atoms with Crippen LogP contribution in [-0.4, -0.2) is 26.9 Å². The Morgan fingerprint density at radius 2 is 1.94 bits per heavy atom. The van der Waals surface area contributed by atoms with Crippen LogP contribution in [0.2, 0.25) is 0 Å². The molecule has 1 aromatic carbocycles. The van der Waals surface area contributed by atoms with Crippen LogP contribution in [0.5, 0.6) is 5.75 Å². The fourth-order valence-corrected chi connectivity index (χ4v) is 2.06. The molecule has 18 heavy (non-hydrogen) atoms. The monoisotopic (exact) mass is 252 g/mol. The summed E-state index contributed by atoms with van der Waals surface area (Å²) in [5.41, 5.74) is 1.07. The van der Waals surface area contributed by atoms with E-state index < -0.39 is 17.5 Å². The van der Waals surface area contributed by atoms with E-state index in [9.17, 15) is 20.1 Å². The molecule has 0 aliphatic carbocycles. The Kier molecular flexibility index (Phi) is 3.14. The first-order valence-electron chi connectivity index (χ1n) is 5.78. The lowest BCUT2D eigenvalue weighted by molar-refractivity contribution is -0.121. The summed E-state index contributed by atoms with van der Waals surface area (Å²) in [5, 5.41) is 28.7. The molecule has 98 valence electrons. The molecule has 2 rings (SSSR count). The average molecular weight is 252 g/mol. The zero-order valence-corrected chi connectivity index (χ0v) is 10.3. The number of aliphatic hydroxyl groups excluding tert-OH is 2. The lowest BCUT2D eigenvalue weighted by atomic mass is 9.94. The molecule has 0 spiro atoms. The molecular weight excluding hydrogens is 236 g/mol. The van der Waals surface area contributed by atoms with Crippen molar-refractivity contribution in [2.45, 2.75) is 32.8 Å². The van der Waals surface area contributed by atoms with Crippen LogP contribution in [0.3, 0.4) is 0 Å². The van der Waals surface area contributed by atoms with Gasteiger partial charge in [-0.05, 0) is 11.6 Å². The van der Waals surface area contributed by atoms with Crippen LogP contribution in [0, 0.1) is 5.92 Å². The molecule has 0 saturated carbocycles. The van der Waals surface area contributed by atoms with Crippen molar-refractivity contribution >= 4 is 5.78 Å². The minimum absolute atomic E-state index is 0.172. The van der Waals surface area contributed by atoms with Gasteiger partial charge in [-0.1, -0.05) is 19.9 Å². The largest absolute Gasteiger partial charge is 0.453 e. The van der Waals surface area contributed by atoms with Crippen LogP contribution in [0.15, 0.2) is 12.1 Å². The van der Waals surface area contributed by atoms with Gasteiger partial charge in [0, 0.05) is 11.5 Å². The zero-order chi connectivity index (χ0) is 13.5. The first-order valence-corrected chi connectivity index (χ1v) is 5.78. The molecule has 5 heteroatoms. The number of carbonyl (C=O) groups is 1. The number of ether oxygens (including phenoxy) is 1. The minimum Gasteiger partial charge on any atom is -0.453 e. The van der Waals surface area contributed by atoms with Crippen molar-refractivity contribution in [1.82, 2.24) is 0 Å². The van der Waals surface area contributed by atoms with Gasteiger partial charge in [-0.3, -0.25) is 4.79 Å².